The van der Waals surface area contributed by atoms with Gasteiger partial charge in [-0.15, -0.1) is 0 Å². The van der Waals surface area contributed by atoms with Gasteiger partial charge in [-0.25, -0.2) is 0 Å². The minimum Gasteiger partial charge on any atom is -0.393 e. The second kappa shape index (κ2) is 5.37. The molecule has 0 radical (unpaired) electrons. The lowest BCUT2D eigenvalue weighted by atomic mass is 10.1. The number of benzene rings is 1. The van der Waals surface area contributed by atoms with Crippen LogP contribution >= 0.6 is 11.8 Å². The van der Waals surface area contributed by atoms with Gasteiger partial charge < -0.3 is 5.73 Å². The van der Waals surface area contributed by atoms with Gasteiger partial charge in [0.15, 0.2) is 0 Å². The number of nitro groups is 1. The van der Waals surface area contributed by atoms with E-state index >= 15 is 0 Å². The van der Waals surface area contributed by atoms with Crippen LogP contribution in [0.2, 0.25) is 0 Å². The molecule has 0 atom stereocenters. The Morgan fingerprint density at radius 2 is 2.12 bits per heavy atom. The molecule has 0 aromatic heterocycles. The third-order valence-electron chi connectivity index (χ3n) is 2.87. The number of rotatable bonds is 3. The van der Waals surface area contributed by atoms with Crippen molar-refractivity contribution < 1.29 is 4.92 Å². The van der Waals surface area contributed by atoms with Gasteiger partial charge in [-0.3, -0.25) is 15.0 Å². The number of nitro benzene ring substituents is 1. The normalized spacial score (nSPS) is 16.9. The maximum atomic E-state index is 10.8. The Morgan fingerprint density at radius 1 is 1.41 bits per heavy atom. The predicted molar refractivity (Wildman–Crippen MR) is 70.1 cm³/mol. The number of nitrogens with zero attached hydrogens (tertiary/aromatic N) is 2. The number of nitrogens with two attached hydrogens (primary N) is 1. The van der Waals surface area contributed by atoms with E-state index < -0.39 is 4.92 Å². The molecule has 5 nitrogen and oxygen atoms in total. The first-order valence-corrected chi connectivity index (χ1v) is 6.66. The first kappa shape index (κ1) is 12.2. The molecule has 0 saturated carbocycles. The van der Waals surface area contributed by atoms with Crippen molar-refractivity contribution in [3.63, 3.8) is 0 Å². The van der Waals surface area contributed by atoms with Crippen molar-refractivity contribution in [1.82, 2.24) is 4.90 Å². The van der Waals surface area contributed by atoms with Gasteiger partial charge in [0, 0.05) is 37.2 Å². The van der Waals surface area contributed by atoms with Crippen LogP contribution in [0.25, 0.3) is 0 Å². The Bertz CT molecular complexity index is 419. The number of para-hydroxylation sites is 1. The highest BCUT2D eigenvalue weighted by Crippen LogP contribution is 2.26. The zero-order chi connectivity index (χ0) is 12.3. The molecule has 1 saturated heterocycles. The molecule has 0 unspecified atom stereocenters. The fraction of sp³-hybridized carbons (Fsp3) is 0.455. The standard InChI is InChI=1S/C11H15N3O2S/c12-11-9(2-1-3-10(11)14(15)16)8-13-4-6-17-7-5-13/h1-3H,4-8,12H2. The third kappa shape index (κ3) is 2.89. The minimum atomic E-state index is -0.426. The molecule has 1 heterocycles. The van der Waals surface area contributed by atoms with Crippen molar-refractivity contribution in [3.05, 3.63) is 33.9 Å². The Balaban J connectivity index is 2.15. The topological polar surface area (TPSA) is 72.4 Å². The molecule has 2 rings (SSSR count). The zero-order valence-corrected chi connectivity index (χ0v) is 10.3. The summed E-state index contributed by atoms with van der Waals surface area (Å²) in [7, 11) is 0. The summed E-state index contributed by atoms with van der Waals surface area (Å²) in [4.78, 5) is 12.6. The molecule has 0 spiro atoms. The van der Waals surface area contributed by atoms with Gasteiger partial charge in [0.1, 0.15) is 5.69 Å². The summed E-state index contributed by atoms with van der Waals surface area (Å²) >= 11 is 1.94. The van der Waals surface area contributed by atoms with Crippen LogP contribution in [0, 0.1) is 10.1 Å². The third-order valence-corrected chi connectivity index (χ3v) is 3.81. The van der Waals surface area contributed by atoms with Crippen LogP contribution in [0.4, 0.5) is 11.4 Å². The quantitative estimate of drug-likeness (QED) is 0.504. The Kier molecular flexibility index (Phi) is 3.86. The summed E-state index contributed by atoms with van der Waals surface area (Å²) in [6.07, 6.45) is 0. The number of nitrogen functional groups attached to an aromatic ring is 1. The van der Waals surface area contributed by atoms with Crippen molar-refractivity contribution in [2.24, 2.45) is 0 Å². The van der Waals surface area contributed by atoms with E-state index in [2.05, 4.69) is 4.90 Å². The average Bonchev–Trinajstić information content (AvgIpc) is 2.33. The van der Waals surface area contributed by atoms with E-state index in [0.29, 0.717) is 12.2 Å². The highest BCUT2D eigenvalue weighted by atomic mass is 32.2. The van der Waals surface area contributed by atoms with Crippen molar-refractivity contribution in [2.75, 3.05) is 30.3 Å². The second-order valence-corrected chi connectivity index (χ2v) is 5.22. The molecule has 92 valence electrons. The SMILES string of the molecule is Nc1c(CN2CCSCC2)cccc1[N+](=O)[O-]. The van der Waals surface area contributed by atoms with E-state index in [-0.39, 0.29) is 5.69 Å². The summed E-state index contributed by atoms with van der Waals surface area (Å²) < 4.78 is 0. The lowest BCUT2D eigenvalue weighted by molar-refractivity contribution is -0.384. The Morgan fingerprint density at radius 3 is 2.76 bits per heavy atom. The van der Waals surface area contributed by atoms with Gasteiger partial charge in [0.2, 0.25) is 0 Å². The maximum absolute atomic E-state index is 10.8. The first-order chi connectivity index (χ1) is 8.18. The highest BCUT2D eigenvalue weighted by Gasteiger charge is 2.17. The number of hydrogen-bond acceptors (Lipinski definition) is 5. The maximum Gasteiger partial charge on any atom is 0.292 e. The van der Waals surface area contributed by atoms with E-state index in [9.17, 15) is 10.1 Å². The Hall–Kier alpha value is -1.27. The molecule has 1 aliphatic heterocycles. The largest absolute Gasteiger partial charge is 0.393 e. The predicted octanol–water partition coefficient (Wildman–Crippen LogP) is 1.73. The van der Waals surface area contributed by atoms with E-state index in [1.54, 1.807) is 6.07 Å². The summed E-state index contributed by atoms with van der Waals surface area (Å²) in [6.45, 7) is 2.74. The highest BCUT2D eigenvalue weighted by molar-refractivity contribution is 7.99. The van der Waals surface area contributed by atoms with Gasteiger partial charge >= 0.3 is 0 Å². The molecule has 1 fully saturated rings. The molecule has 1 aliphatic rings. The van der Waals surface area contributed by atoms with Crippen LogP contribution in [-0.2, 0) is 6.54 Å². The fourth-order valence-corrected chi connectivity index (χ4v) is 2.88. The summed E-state index contributed by atoms with van der Waals surface area (Å²) in [5.74, 6) is 2.24. The van der Waals surface area contributed by atoms with E-state index in [0.717, 1.165) is 30.2 Å². The lowest BCUT2D eigenvalue weighted by Crippen LogP contribution is -2.32. The van der Waals surface area contributed by atoms with Crippen LogP contribution in [0.5, 0.6) is 0 Å². The summed E-state index contributed by atoms with van der Waals surface area (Å²) in [5.41, 5.74) is 6.99. The van der Waals surface area contributed by atoms with Gasteiger partial charge in [-0.2, -0.15) is 11.8 Å². The minimum absolute atomic E-state index is 0.00823. The molecule has 1 aromatic rings. The van der Waals surface area contributed by atoms with E-state index in [1.807, 2.05) is 17.8 Å². The van der Waals surface area contributed by atoms with E-state index in [1.165, 1.54) is 6.07 Å². The average molecular weight is 253 g/mol. The van der Waals surface area contributed by atoms with Crippen molar-refractivity contribution in [3.8, 4) is 0 Å². The van der Waals surface area contributed by atoms with Crippen molar-refractivity contribution in [1.29, 1.82) is 0 Å². The second-order valence-electron chi connectivity index (χ2n) is 4.00. The van der Waals surface area contributed by atoms with E-state index in [4.69, 9.17) is 5.73 Å². The van der Waals surface area contributed by atoms with Crippen molar-refractivity contribution in [2.45, 2.75) is 6.54 Å². The summed E-state index contributed by atoms with van der Waals surface area (Å²) in [5, 5.41) is 10.8. The molecule has 17 heavy (non-hydrogen) atoms. The Labute approximate surface area is 104 Å². The van der Waals surface area contributed by atoms with Gasteiger partial charge in [-0.1, -0.05) is 12.1 Å². The molecule has 2 N–H and O–H groups in total. The van der Waals surface area contributed by atoms with Gasteiger partial charge in [-0.05, 0) is 5.56 Å². The van der Waals surface area contributed by atoms with Crippen LogP contribution in [-0.4, -0.2) is 34.4 Å². The smallest absolute Gasteiger partial charge is 0.292 e. The van der Waals surface area contributed by atoms with Gasteiger partial charge in [0.25, 0.3) is 5.69 Å². The van der Waals surface area contributed by atoms with Crippen molar-refractivity contribution >= 4 is 23.1 Å². The first-order valence-electron chi connectivity index (χ1n) is 5.50. The zero-order valence-electron chi connectivity index (χ0n) is 9.46. The number of hydrogen-bond donors (Lipinski definition) is 1. The number of anilines is 1. The van der Waals surface area contributed by atoms with Crippen LogP contribution in [0.15, 0.2) is 18.2 Å². The van der Waals surface area contributed by atoms with Gasteiger partial charge in [0.05, 0.1) is 4.92 Å². The molecular weight excluding hydrogens is 238 g/mol. The molecule has 0 aliphatic carbocycles. The molecule has 6 heteroatoms. The van der Waals surface area contributed by atoms with Crippen LogP contribution in [0.1, 0.15) is 5.56 Å². The van der Waals surface area contributed by atoms with Crippen LogP contribution < -0.4 is 5.73 Å². The molecular formula is C11H15N3O2S. The van der Waals surface area contributed by atoms with Crippen LogP contribution in [0.3, 0.4) is 0 Å². The fourth-order valence-electron chi connectivity index (χ4n) is 1.90. The molecule has 0 bridgehead atoms. The monoisotopic (exact) mass is 253 g/mol. The summed E-state index contributed by atoms with van der Waals surface area (Å²) in [6, 6.07) is 5.01. The molecule has 1 aromatic carbocycles. The lowest BCUT2D eigenvalue weighted by Gasteiger charge is -2.26. The molecule has 0 amide bonds. The number of thioether (sulfide) groups is 1.